The summed E-state index contributed by atoms with van der Waals surface area (Å²) in [4.78, 5) is 34.2. The van der Waals surface area contributed by atoms with Gasteiger partial charge >= 0.3 is 24.5 Å². The molecule has 0 unspecified atom stereocenters. The molecule has 1 saturated carbocycles. The number of anilines is 2. The predicted molar refractivity (Wildman–Crippen MR) is 175 cm³/mol. The van der Waals surface area contributed by atoms with Crippen molar-refractivity contribution in [3.05, 3.63) is 58.5 Å². The van der Waals surface area contributed by atoms with E-state index >= 15 is 0 Å². The Bertz CT molecular complexity index is 1710. The molecule has 3 heterocycles. The Labute approximate surface area is 291 Å². The molecule has 278 valence electrons. The average Bonchev–Trinajstić information content (AvgIpc) is 3.53. The van der Waals surface area contributed by atoms with Gasteiger partial charge in [-0.15, -0.1) is 0 Å². The van der Waals surface area contributed by atoms with Crippen molar-refractivity contribution in [2.45, 2.75) is 116 Å². The smallest absolute Gasteiger partial charge is 0.416 e. The maximum atomic E-state index is 13.7. The molecule has 0 spiro atoms. The minimum absolute atomic E-state index is 0.0371. The number of amides is 2. The summed E-state index contributed by atoms with van der Waals surface area (Å²) >= 11 is 0. The summed E-state index contributed by atoms with van der Waals surface area (Å²) in [5.74, 6) is 0.979. The Morgan fingerprint density at radius 1 is 1.02 bits per heavy atom. The lowest BCUT2D eigenvalue weighted by Gasteiger charge is -2.36. The molecule has 2 aromatic heterocycles. The lowest BCUT2D eigenvalue weighted by Crippen LogP contribution is -2.39. The molecule has 0 radical (unpaired) electrons. The van der Waals surface area contributed by atoms with E-state index in [1.807, 2.05) is 6.92 Å². The fraction of sp³-hybridized carbons (Fsp3) is 0.543. The van der Waals surface area contributed by atoms with Gasteiger partial charge in [0.05, 0.1) is 29.3 Å². The van der Waals surface area contributed by atoms with E-state index in [0.717, 1.165) is 32.1 Å². The maximum Gasteiger partial charge on any atom is 0.416 e. The Hall–Kier alpha value is -4.50. The molecule has 10 nitrogen and oxygen atoms in total. The van der Waals surface area contributed by atoms with Crippen molar-refractivity contribution in [2.24, 2.45) is 0 Å². The molecule has 2 fully saturated rings. The second-order valence-electron chi connectivity index (χ2n) is 13.9. The van der Waals surface area contributed by atoms with Gasteiger partial charge in [-0.2, -0.15) is 26.3 Å². The molecule has 3 aromatic rings. The summed E-state index contributed by atoms with van der Waals surface area (Å²) in [5, 5.41) is 6.59. The van der Waals surface area contributed by atoms with Gasteiger partial charge in [-0.25, -0.2) is 14.6 Å². The molecule has 1 saturated heterocycles. The van der Waals surface area contributed by atoms with Crippen LogP contribution in [0, 0.1) is 6.92 Å². The van der Waals surface area contributed by atoms with Crippen LogP contribution in [-0.2, 0) is 28.4 Å². The molecule has 2 aliphatic rings. The Morgan fingerprint density at radius 2 is 1.65 bits per heavy atom. The van der Waals surface area contributed by atoms with Crippen LogP contribution in [0.3, 0.4) is 0 Å². The van der Waals surface area contributed by atoms with E-state index in [-0.39, 0.29) is 24.5 Å². The number of benzene rings is 1. The highest BCUT2D eigenvalue weighted by Gasteiger charge is 2.44. The number of nitrogens with zero attached hydrogens (tertiary/aromatic N) is 4. The molecule has 16 heteroatoms. The minimum atomic E-state index is -5.07. The van der Waals surface area contributed by atoms with Gasteiger partial charge in [-0.3, -0.25) is 10.2 Å². The van der Waals surface area contributed by atoms with Crippen LogP contribution >= 0.6 is 0 Å². The van der Waals surface area contributed by atoms with Gasteiger partial charge in [0, 0.05) is 29.9 Å². The third-order valence-corrected chi connectivity index (χ3v) is 9.01. The van der Waals surface area contributed by atoms with E-state index < -0.39 is 59.0 Å². The normalized spacial score (nSPS) is 18.9. The van der Waals surface area contributed by atoms with Gasteiger partial charge in [-0.1, -0.05) is 24.4 Å². The van der Waals surface area contributed by atoms with Crippen LogP contribution in [0.4, 0.5) is 47.6 Å². The van der Waals surface area contributed by atoms with Crippen molar-refractivity contribution >= 4 is 23.8 Å². The number of hydrogen-bond donors (Lipinski definition) is 1. The summed E-state index contributed by atoms with van der Waals surface area (Å²) < 4.78 is 98.4. The Balaban J connectivity index is 1.54. The monoisotopic (exact) mass is 725 g/mol. The van der Waals surface area contributed by atoms with Crippen molar-refractivity contribution < 1.29 is 49.9 Å². The number of hydrogen-bond acceptors (Lipinski definition) is 8. The number of cyclic esters (lactones) is 1. The van der Waals surface area contributed by atoms with Crippen LogP contribution in [0.2, 0.25) is 0 Å². The number of rotatable bonds is 8. The highest BCUT2D eigenvalue weighted by atomic mass is 19.4. The zero-order valence-corrected chi connectivity index (χ0v) is 29.2. The van der Waals surface area contributed by atoms with E-state index in [2.05, 4.69) is 15.4 Å². The first kappa shape index (κ1) is 37.7. The number of aryl methyl sites for hydroxylation is 1. The first-order valence-corrected chi connectivity index (χ1v) is 16.8. The average molecular weight is 726 g/mol. The topological polar surface area (TPSA) is 110 Å². The Kier molecular flexibility index (Phi) is 10.6. The lowest BCUT2D eigenvalue weighted by molar-refractivity contribution is -0.143. The van der Waals surface area contributed by atoms with Crippen molar-refractivity contribution in [2.75, 3.05) is 16.8 Å². The number of halogens is 6. The van der Waals surface area contributed by atoms with E-state index in [1.54, 1.807) is 40.0 Å². The number of nitrogens with one attached hydrogen (secondary N) is 1. The molecule has 1 N–H and O–H groups in total. The molecular weight excluding hydrogens is 684 g/mol. The molecule has 0 bridgehead atoms. The molecule has 51 heavy (non-hydrogen) atoms. The van der Waals surface area contributed by atoms with Crippen LogP contribution in [0.15, 0.2) is 35.0 Å². The quantitative estimate of drug-likeness (QED) is 0.229. The summed E-state index contributed by atoms with van der Waals surface area (Å²) in [7, 11) is 0. The van der Waals surface area contributed by atoms with Crippen LogP contribution in [0.25, 0.3) is 11.1 Å². The third-order valence-electron chi connectivity index (χ3n) is 9.01. The number of pyridine rings is 1. The largest absolute Gasteiger partial charge is 0.444 e. The number of ether oxygens (including phenoxy) is 2. The number of carbonyl (C=O) groups excluding carboxylic acids is 2. The summed E-state index contributed by atoms with van der Waals surface area (Å²) in [6.45, 7) is 10.7. The summed E-state index contributed by atoms with van der Waals surface area (Å²) in [5.41, 5.74) is -2.80. The number of carbonyl (C=O) groups is 2. The Morgan fingerprint density at radius 3 is 2.22 bits per heavy atom. The van der Waals surface area contributed by atoms with Gasteiger partial charge in [0.15, 0.2) is 5.82 Å². The van der Waals surface area contributed by atoms with E-state index in [1.165, 1.54) is 11.8 Å². The highest BCUT2D eigenvalue weighted by Crippen LogP contribution is 2.42. The third kappa shape index (κ3) is 8.52. The SMILES string of the molecule is CCN(c1ncc(-c2c(NC(=O)OC(C)(C)C)noc2C)cc1CN1C(=O)O[C@H](c2cc(C(F)(F)F)cc(C(F)(F)F)c2)[C@@H]1C)C1CCCCC1. The minimum Gasteiger partial charge on any atom is -0.444 e. The number of alkyl halides is 6. The van der Waals surface area contributed by atoms with Crippen molar-refractivity contribution in [3.63, 3.8) is 0 Å². The first-order chi connectivity index (χ1) is 23.8. The maximum absolute atomic E-state index is 13.7. The molecule has 1 aromatic carbocycles. The summed E-state index contributed by atoms with van der Waals surface area (Å²) in [6.07, 6.45) is -6.62. The van der Waals surface area contributed by atoms with E-state index in [4.69, 9.17) is 19.0 Å². The summed E-state index contributed by atoms with van der Waals surface area (Å²) in [6, 6.07) is 2.14. The van der Waals surface area contributed by atoms with Gasteiger partial charge < -0.3 is 18.9 Å². The zero-order chi connectivity index (χ0) is 37.5. The van der Waals surface area contributed by atoms with E-state index in [0.29, 0.717) is 46.9 Å². The predicted octanol–water partition coefficient (Wildman–Crippen LogP) is 9.67. The molecule has 2 atom stereocenters. The highest BCUT2D eigenvalue weighted by molar-refractivity contribution is 5.90. The first-order valence-electron chi connectivity index (χ1n) is 16.8. The number of aromatic nitrogens is 2. The fourth-order valence-corrected chi connectivity index (χ4v) is 6.67. The van der Waals surface area contributed by atoms with Gasteiger partial charge in [0.2, 0.25) is 0 Å². The second kappa shape index (κ2) is 14.3. The van der Waals surface area contributed by atoms with Gasteiger partial charge in [-0.05, 0) is 84.2 Å². The van der Waals surface area contributed by atoms with Crippen molar-refractivity contribution in [1.82, 2.24) is 15.0 Å². The van der Waals surface area contributed by atoms with Crippen LogP contribution in [0.5, 0.6) is 0 Å². The van der Waals surface area contributed by atoms with Crippen molar-refractivity contribution in [3.8, 4) is 11.1 Å². The second-order valence-corrected chi connectivity index (χ2v) is 13.9. The molecule has 1 aliphatic heterocycles. The van der Waals surface area contributed by atoms with Crippen molar-refractivity contribution in [1.29, 1.82) is 0 Å². The van der Waals surface area contributed by atoms with Crippen LogP contribution in [-0.4, -0.2) is 51.5 Å². The zero-order valence-electron chi connectivity index (χ0n) is 29.2. The van der Waals surface area contributed by atoms with Crippen LogP contribution < -0.4 is 10.2 Å². The molecule has 1 aliphatic carbocycles. The van der Waals surface area contributed by atoms with Gasteiger partial charge in [0.25, 0.3) is 0 Å². The van der Waals surface area contributed by atoms with Crippen LogP contribution in [0.1, 0.15) is 101 Å². The molecule has 2 amide bonds. The lowest BCUT2D eigenvalue weighted by atomic mass is 9.93. The fourth-order valence-electron chi connectivity index (χ4n) is 6.67. The molecular formula is C35H41F6N5O5. The standard InChI is InChI=1S/C35H41F6N5O5/c1-7-45(26-11-9-8-10-12-26)30-23(13-22(17-42-30)27-20(3)51-44-29(27)43-31(47)50-33(4,5)6)18-46-19(2)28(49-32(46)48)21-14-24(34(36,37)38)16-25(15-21)35(39,40)41/h13-17,19,26,28H,7-12,18H2,1-6H3,(H,43,44,47)/t19-,28-/m0/s1. The molecule has 5 rings (SSSR count). The van der Waals surface area contributed by atoms with E-state index in [9.17, 15) is 35.9 Å². The van der Waals surface area contributed by atoms with Gasteiger partial charge in [0.1, 0.15) is 23.3 Å².